The Hall–Kier alpha value is -1.42. The molecule has 0 spiro atoms. The number of hydrogen-bond acceptors (Lipinski definition) is 1. The largest absolute Gasteiger partial charge is 0.336 e. The van der Waals surface area contributed by atoms with Gasteiger partial charge in [0, 0.05) is 15.9 Å². The van der Waals surface area contributed by atoms with Gasteiger partial charge >= 0.3 is 0 Å². The maximum Gasteiger partial charge on any atom is 0.256 e. The van der Waals surface area contributed by atoms with Gasteiger partial charge in [-0.2, -0.15) is 0 Å². The summed E-state index contributed by atoms with van der Waals surface area (Å²) in [5.41, 5.74) is 3.18. The summed E-state index contributed by atoms with van der Waals surface area (Å²) in [5.74, 6) is 0. The van der Waals surface area contributed by atoms with Gasteiger partial charge in [-0.1, -0.05) is 40.7 Å². The summed E-state index contributed by atoms with van der Waals surface area (Å²) in [5, 5.41) is 0. The van der Waals surface area contributed by atoms with E-state index in [1.165, 1.54) is 0 Å². The Labute approximate surface area is 120 Å². The van der Waals surface area contributed by atoms with Crippen molar-refractivity contribution in [1.29, 1.82) is 0 Å². The molecule has 1 aliphatic rings. The fourth-order valence-electron chi connectivity index (χ4n) is 1.97. The van der Waals surface area contributed by atoms with Crippen molar-refractivity contribution in [1.82, 2.24) is 4.90 Å². The molecule has 100 valence electrons. The third-order valence-electron chi connectivity index (χ3n) is 3.02. The van der Waals surface area contributed by atoms with E-state index in [1.54, 1.807) is 4.90 Å². The molecule has 0 fully saturated rings. The molecule has 2 rings (SSSR count). The second-order valence-corrected chi connectivity index (χ2v) is 5.27. The van der Waals surface area contributed by atoms with Crippen LogP contribution in [-0.2, 0) is 0 Å². The van der Waals surface area contributed by atoms with Gasteiger partial charge in [0.2, 0.25) is 0 Å². The predicted molar refractivity (Wildman–Crippen MR) is 77.7 cm³/mol. The predicted octanol–water partition coefficient (Wildman–Crippen LogP) is 4.83. The van der Waals surface area contributed by atoms with Crippen LogP contribution in [0.5, 0.6) is 0 Å². The molecule has 0 N–H and O–H groups in total. The van der Waals surface area contributed by atoms with E-state index in [0.717, 1.165) is 21.3 Å². The van der Waals surface area contributed by atoms with E-state index in [2.05, 4.69) is 22.5 Å². The molecule has 0 saturated heterocycles. The number of allylic oxidation sites excluding steroid dienone is 3. The van der Waals surface area contributed by atoms with Crippen LogP contribution < -0.4 is 0 Å². The Morgan fingerprint density at radius 1 is 1.21 bits per heavy atom. The van der Waals surface area contributed by atoms with Gasteiger partial charge in [-0.25, -0.2) is 8.78 Å². The fraction of sp³-hybridized carbons (Fsp3) is 0.200. The minimum Gasteiger partial charge on any atom is -0.336 e. The maximum absolute atomic E-state index is 12.7. The molecule has 0 aromatic heterocycles. The van der Waals surface area contributed by atoms with Crippen molar-refractivity contribution in [3.05, 3.63) is 64.3 Å². The van der Waals surface area contributed by atoms with E-state index < -0.39 is 6.43 Å². The molecular formula is C15H14BrF2N. The van der Waals surface area contributed by atoms with Gasteiger partial charge in [0.05, 0.1) is 6.54 Å². The Morgan fingerprint density at radius 3 is 2.42 bits per heavy atom. The molecule has 1 nitrogen and oxygen atoms in total. The molecule has 0 amide bonds. The van der Waals surface area contributed by atoms with Gasteiger partial charge in [0.1, 0.15) is 0 Å². The third-order valence-corrected chi connectivity index (χ3v) is 3.55. The van der Waals surface area contributed by atoms with Crippen LogP contribution >= 0.6 is 15.9 Å². The second-order valence-electron chi connectivity index (χ2n) is 4.36. The molecule has 0 atom stereocenters. The standard InChI is InChI=1S/C15H14BrF2N/c1-10-3-8-14(12-4-6-13(16)7-5-12)19(11(10)2)9-15(17)18/h3-8,15H,2,9H2,1H3. The van der Waals surface area contributed by atoms with Crippen LogP contribution in [0.3, 0.4) is 0 Å². The zero-order valence-electron chi connectivity index (χ0n) is 10.5. The van der Waals surface area contributed by atoms with E-state index in [1.807, 2.05) is 43.3 Å². The molecule has 0 unspecified atom stereocenters. The Bertz CT molecular complexity index is 544. The van der Waals surface area contributed by atoms with Crippen LogP contribution in [0.4, 0.5) is 8.78 Å². The number of benzene rings is 1. The van der Waals surface area contributed by atoms with Crippen molar-refractivity contribution >= 4 is 21.6 Å². The molecule has 0 bridgehead atoms. The first-order valence-electron chi connectivity index (χ1n) is 5.88. The van der Waals surface area contributed by atoms with Gasteiger partial charge in [-0.05, 0) is 36.3 Å². The Morgan fingerprint density at radius 2 is 1.84 bits per heavy atom. The number of alkyl halides is 2. The van der Waals surface area contributed by atoms with Crippen molar-refractivity contribution < 1.29 is 8.78 Å². The summed E-state index contributed by atoms with van der Waals surface area (Å²) in [6.07, 6.45) is 1.36. The fourth-order valence-corrected chi connectivity index (χ4v) is 2.23. The van der Waals surface area contributed by atoms with E-state index in [0.29, 0.717) is 5.70 Å². The lowest BCUT2D eigenvalue weighted by Gasteiger charge is -2.32. The van der Waals surface area contributed by atoms with Crippen molar-refractivity contribution in [2.24, 2.45) is 0 Å². The molecule has 0 aliphatic carbocycles. The zero-order chi connectivity index (χ0) is 14.0. The maximum atomic E-state index is 12.7. The molecule has 1 aliphatic heterocycles. The molecule has 19 heavy (non-hydrogen) atoms. The average Bonchev–Trinajstić information content (AvgIpc) is 2.36. The number of hydrogen-bond donors (Lipinski definition) is 0. The molecule has 1 aromatic carbocycles. The molecular weight excluding hydrogens is 312 g/mol. The molecule has 0 radical (unpaired) electrons. The molecule has 4 heteroatoms. The lowest BCUT2D eigenvalue weighted by molar-refractivity contribution is 0.123. The van der Waals surface area contributed by atoms with Crippen molar-refractivity contribution in [3.8, 4) is 0 Å². The van der Waals surface area contributed by atoms with Crippen LogP contribution in [0.2, 0.25) is 0 Å². The van der Waals surface area contributed by atoms with Crippen molar-refractivity contribution in [2.45, 2.75) is 13.3 Å². The second kappa shape index (κ2) is 5.70. The van der Waals surface area contributed by atoms with Gasteiger partial charge in [-0.3, -0.25) is 0 Å². The van der Waals surface area contributed by atoms with Crippen LogP contribution in [0.1, 0.15) is 12.5 Å². The van der Waals surface area contributed by atoms with Gasteiger partial charge < -0.3 is 4.90 Å². The third kappa shape index (κ3) is 3.13. The van der Waals surface area contributed by atoms with Crippen LogP contribution in [0, 0.1) is 0 Å². The summed E-state index contributed by atoms with van der Waals surface area (Å²) in [6, 6.07) is 7.58. The smallest absolute Gasteiger partial charge is 0.256 e. The van der Waals surface area contributed by atoms with E-state index in [-0.39, 0.29) is 6.54 Å². The first-order valence-corrected chi connectivity index (χ1v) is 6.68. The van der Waals surface area contributed by atoms with E-state index in [9.17, 15) is 8.78 Å². The molecule has 1 heterocycles. The highest BCUT2D eigenvalue weighted by molar-refractivity contribution is 9.10. The first kappa shape index (κ1) is 14.0. The zero-order valence-corrected chi connectivity index (χ0v) is 12.1. The highest BCUT2D eigenvalue weighted by Crippen LogP contribution is 2.31. The summed E-state index contributed by atoms with van der Waals surface area (Å²) in [7, 11) is 0. The van der Waals surface area contributed by atoms with Crippen molar-refractivity contribution in [3.63, 3.8) is 0 Å². The lowest BCUT2D eigenvalue weighted by atomic mass is 10.0. The summed E-state index contributed by atoms with van der Waals surface area (Å²) in [6.45, 7) is 5.43. The number of rotatable bonds is 3. The summed E-state index contributed by atoms with van der Waals surface area (Å²) >= 11 is 3.36. The van der Waals surface area contributed by atoms with Gasteiger partial charge in [-0.15, -0.1) is 0 Å². The summed E-state index contributed by atoms with van der Waals surface area (Å²) < 4.78 is 26.4. The molecule has 0 saturated carbocycles. The SMILES string of the molecule is C=C1C(C)=CC=C(c2ccc(Br)cc2)N1CC(F)F. The normalized spacial score (nSPS) is 15.6. The lowest BCUT2D eigenvalue weighted by Crippen LogP contribution is -2.28. The average molecular weight is 326 g/mol. The highest BCUT2D eigenvalue weighted by Gasteiger charge is 2.22. The first-order chi connectivity index (χ1) is 8.99. The quantitative estimate of drug-likeness (QED) is 0.769. The van der Waals surface area contributed by atoms with Crippen LogP contribution in [0.25, 0.3) is 5.70 Å². The van der Waals surface area contributed by atoms with E-state index in [4.69, 9.17) is 0 Å². The van der Waals surface area contributed by atoms with Crippen LogP contribution in [-0.4, -0.2) is 17.9 Å². The topological polar surface area (TPSA) is 3.24 Å². The Balaban J connectivity index is 2.39. The minimum absolute atomic E-state index is 0.341. The summed E-state index contributed by atoms with van der Waals surface area (Å²) in [4.78, 5) is 1.57. The number of nitrogens with zero attached hydrogens (tertiary/aromatic N) is 1. The monoisotopic (exact) mass is 325 g/mol. The van der Waals surface area contributed by atoms with Crippen molar-refractivity contribution in [2.75, 3.05) is 6.54 Å². The minimum atomic E-state index is -2.40. The van der Waals surface area contributed by atoms with Gasteiger partial charge in [0.25, 0.3) is 6.43 Å². The van der Waals surface area contributed by atoms with Crippen LogP contribution in [0.15, 0.2) is 58.7 Å². The number of halogens is 3. The van der Waals surface area contributed by atoms with Gasteiger partial charge in [0.15, 0.2) is 0 Å². The highest BCUT2D eigenvalue weighted by atomic mass is 79.9. The Kier molecular flexibility index (Phi) is 4.20. The molecule has 1 aromatic rings. The van der Waals surface area contributed by atoms with E-state index >= 15 is 0 Å².